The molecule has 0 radical (unpaired) electrons. The van der Waals surface area contributed by atoms with Crippen LogP contribution >= 0.6 is 70.6 Å². The molecule has 412 valence electrons. The smallest absolute Gasteiger partial charge is 0.140 e. The van der Waals surface area contributed by atoms with Crippen LogP contribution in [0.2, 0.25) is 0 Å². The molecule has 0 unspecified atom stereocenters. The van der Waals surface area contributed by atoms with Gasteiger partial charge in [0, 0.05) is 44.3 Å². The van der Waals surface area contributed by atoms with E-state index in [1.54, 1.807) is 0 Å². The monoisotopic (exact) mass is 1090 g/mol. The van der Waals surface area contributed by atoms with Gasteiger partial charge in [0.15, 0.2) is 0 Å². The normalized spacial score (nSPS) is 21.5. The maximum Gasteiger partial charge on any atom is 0.140 e. The summed E-state index contributed by atoms with van der Waals surface area (Å²) < 4.78 is 0. The van der Waals surface area contributed by atoms with Crippen molar-refractivity contribution in [2.75, 3.05) is 34.5 Å². The first-order valence-corrected chi connectivity index (χ1v) is 38.0. The number of thioether (sulfide) groups is 6. The predicted octanol–water partition coefficient (Wildman–Crippen LogP) is 21.1. The fourth-order valence-corrected chi connectivity index (χ4v) is 22.1. The van der Waals surface area contributed by atoms with Crippen LogP contribution in [0, 0.1) is 10.8 Å². The van der Waals surface area contributed by atoms with Gasteiger partial charge in [-0.3, -0.25) is 9.59 Å². The molecule has 6 fully saturated rings. The molecule has 0 aromatic rings. The average molecular weight is 1090 g/mol. The van der Waals surface area contributed by atoms with E-state index in [-0.39, 0.29) is 28.8 Å². The minimum Gasteiger partial charge on any atom is -0.299 e. The number of rotatable bonds is 38. The summed E-state index contributed by atoms with van der Waals surface area (Å²) in [6.45, 7) is 0. The van der Waals surface area contributed by atoms with Gasteiger partial charge in [0.05, 0.1) is 6.42 Å². The largest absolute Gasteiger partial charge is 0.299 e. The molecule has 0 amide bonds. The molecular weight excluding hydrogens is 981 g/mol. The van der Waals surface area contributed by atoms with E-state index in [0.29, 0.717) is 12.8 Å². The van der Waals surface area contributed by atoms with E-state index in [1.165, 1.54) is 304 Å². The average Bonchev–Trinajstić information content (AvgIpc) is 3.42. The summed E-state index contributed by atoms with van der Waals surface area (Å²) in [5, 5.41) is 5.28. The lowest BCUT2D eigenvalue weighted by Gasteiger charge is -2.36. The fourth-order valence-electron chi connectivity index (χ4n) is 14.3. The molecule has 6 aliphatic rings. The van der Waals surface area contributed by atoms with E-state index in [1.807, 2.05) is 0 Å². The van der Waals surface area contributed by atoms with E-state index in [0.717, 1.165) is 44.3 Å². The van der Waals surface area contributed by atoms with E-state index < -0.39 is 0 Å². The molecule has 0 spiro atoms. The molecule has 8 heteroatoms. The number of ketones is 2. The van der Waals surface area contributed by atoms with Gasteiger partial charge in [0.25, 0.3) is 0 Å². The first kappa shape index (κ1) is 61.6. The predicted molar refractivity (Wildman–Crippen MR) is 329 cm³/mol. The lowest BCUT2D eigenvalue weighted by Crippen LogP contribution is -2.26. The van der Waals surface area contributed by atoms with Crippen molar-refractivity contribution < 1.29 is 9.59 Å². The first-order valence-electron chi connectivity index (χ1n) is 31.7. The Labute approximate surface area is 466 Å². The number of hydrogen-bond acceptors (Lipinski definition) is 8. The molecule has 0 heterocycles. The molecule has 0 saturated heterocycles. The van der Waals surface area contributed by atoms with E-state index in [9.17, 15) is 9.59 Å². The van der Waals surface area contributed by atoms with Crippen LogP contribution in [-0.4, -0.2) is 77.6 Å². The zero-order chi connectivity index (χ0) is 49.3. The standard InChI is InChI=1S/C63H112O2S6/c64-54(37-45-62(39-19-47-66-56-25-7-1-8-26-56,40-20-48-67-57-27-9-2-10-28-57)41-21-49-68-58-29-11-3-12-30-58)53-55(65)38-46-63(42-22-50-69-59-31-13-4-14-32-59,43-23-51-70-60-33-15-5-16-34-60)44-24-52-71-61-35-17-6-18-36-61/h56-61H,1-53H2. The molecule has 0 aromatic heterocycles. The third-order valence-corrected chi connectivity index (χ3v) is 27.6. The molecule has 0 aromatic carbocycles. The Morgan fingerprint density at radius 2 is 0.451 bits per heavy atom. The highest BCUT2D eigenvalue weighted by Gasteiger charge is 2.33. The van der Waals surface area contributed by atoms with Crippen molar-refractivity contribution >= 4 is 82.1 Å². The van der Waals surface area contributed by atoms with Gasteiger partial charge in [-0.05, 0) is 212 Å². The Bertz CT molecular complexity index is 1110. The minimum absolute atomic E-state index is 0.200. The summed E-state index contributed by atoms with van der Waals surface area (Å²) in [6.07, 6.45) is 62.0. The number of carbonyl (C=O) groups is 2. The molecule has 6 aliphatic carbocycles. The van der Waals surface area contributed by atoms with E-state index in [2.05, 4.69) is 70.6 Å². The second kappa shape index (κ2) is 38.1. The van der Waals surface area contributed by atoms with Gasteiger partial charge in [-0.2, -0.15) is 70.6 Å². The first-order chi connectivity index (χ1) is 35.0. The molecule has 0 bridgehead atoms. The third kappa shape index (κ3) is 26.8. The number of carbonyl (C=O) groups excluding carboxylic acids is 2. The van der Waals surface area contributed by atoms with Crippen LogP contribution in [0.15, 0.2) is 0 Å². The second-order valence-electron chi connectivity index (χ2n) is 24.7. The van der Waals surface area contributed by atoms with Crippen molar-refractivity contribution in [1.29, 1.82) is 0 Å². The molecule has 6 saturated carbocycles. The maximum atomic E-state index is 14.3. The molecular formula is C63H112O2S6. The Morgan fingerprint density at radius 1 is 0.268 bits per heavy atom. The van der Waals surface area contributed by atoms with Gasteiger partial charge in [-0.1, -0.05) is 116 Å². The topological polar surface area (TPSA) is 34.1 Å². The van der Waals surface area contributed by atoms with Crippen molar-refractivity contribution in [3.05, 3.63) is 0 Å². The highest BCUT2D eigenvalue weighted by molar-refractivity contribution is 8.01. The van der Waals surface area contributed by atoms with Crippen molar-refractivity contribution in [2.24, 2.45) is 10.8 Å². The van der Waals surface area contributed by atoms with Crippen molar-refractivity contribution in [2.45, 2.75) is 333 Å². The van der Waals surface area contributed by atoms with E-state index in [4.69, 9.17) is 0 Å². The third-order valence-electron chi connectivity index (χ3n) is 18.8. The molecule has 6 rings (SSSR count). The lowest BCUT2D eigenvalue weighted by atomic mass is 9.71. The van der Waals surface area contributed by atoms with Gasteiger partial charge in [-0.25, -0.2) is 0 Å². The van der Waals surface area contributed by atoms with Crippen LogP contribution < -0.4 is 0 Å². The highest BCUT2D eigenvalue weighted by Crippen LogP contribution is 2.45. The molecule has 0 atom stereocenters. The zero-order valence-corrected chi connectivity index (χ0v) is 51.1. The van der Waals surface area contributed by atoms with Crippen LogP contribution in [-0.2, 0) is 9.59 Å². The summed E-state index contributed by atoms with van der Waals surface area (Å²) in [6, 6.07) is 0. The fraction of sp³-hybridized carbons (Fsp3) is 0.968. The van der Waals surface area contributed by atoms with E-state index >= 15 is 0 Å². The summed E-state index contributed by atoms with van der Waals surface area (Å²) in [4.78, 5) is 28.6. The van der Waals surface area contributed by atoms with Gasteiger partial charge >= 0.3 is 0 Å². The summed E-state index contributed by atoms with van der Waals surface area (Å²) in [5.74, 6) is 8.33. The SMILES string of the molecule is O=C(CCC(CCCSC1CCCCC1)(CCCSC1CCCCC1)CCCSC1CCCCC1)CC(=O)CCC(CCCSC1CCCCC1)(CCCSC1CCCCC1)CCCSC1CCCCC1. The Kier molecular flexibility index (Phi) is 33.1. The highest BCUT2D eigenvalue weighted by atomic mass is 32.2. The molecule has 0 N–H and O–H groups in total. The van der Waals surface area contributed by atoms with Crippen molar-refractivity contribution in [3.8, 4) is 0 Å². The van der Waals surface area contributed by atoms with Crippen LogP contribution in [0.25, 0.3) is 0 Å². The number of Topliss-reactive ketones (excluding diaryl/α,β-unsaturated/α-hetero) is 2. The maximum absolute atomic E-state index is 14.3. The van der Waals surface area contributed by atoms with Crippen molar-refractivity contribution in [3.63, 3.8) is 0 Å². The Hall–Kier alpha value is 1.44. The second-order valence-corrected chi connectivity index (χ2v) is 33.1. The molecule has 71 heavy (non-hydrogen) atoms. The summed E-state index contributed by atoms with van der Waals surface area (Å²) >= 11 is 13.7. The lowest BCUT2D eigenvalue weighted by molar-refractivity contribution is -0.127. The number of hydrogen-bond donors (Lipinski definition) is 0. The van der Waals surface area contributed by atoms with Gasteiger partial charge in [0.2, 0.25) is 0 Å². The van der Waals surface area contributed by atoms with Crippen LogP contribution in [0.5, 0.6) is 0 Å². The van der Waals surface area contributed by atoms with Crippen molar-refractivity contribution in [1.82, 2.24) is 0 Å². The van der Waals surface area contributed by atoms with Crippen LogP contribution in [0.4, 0.5) is 0 Å². The zero-order valence-electron chi connectivity index (χ0n) is 46.2. The van der Waals surface area contributed by atoms with Gasteiger partial charge < -0.3 is 0 Å². The molecule has 0 aliphatic heterocycles. The van der Waals surface area contributed by atoms with Gasteiger partial charge in [0.1, 0.15) is 11.6 Å². The van der Waals surface area contributed by atoms with Crippen LogP contribution in [0.3, 0.4) is 0 Å². The summed E-state index contributed by atoms with van der Waals surface area (Å²) in [7, 11) is 0. The van der Waals surface area contributed by atoms with Crippen LogP contribution in [0.1, 0.15) is 302 Å². The summed E-state index contributed by atoms with van der Waals surface area (Å²) in [5.41, 5.74) is 0.504. The Balaban J connectivity index is 1.07. The quantitative estimate of drug-likeness (QED) is 0.0447. The Morgan fingerprint density at radius 3 is 0.634 bits per heavy atom. The van der Waals surface area contributed by atoms with Gasteiger partial charge in [-0.15, -0.1) is 0 Å². The molecule has 2 nitrogen and oxygen atoms in total. The minimum atomic E-state index is 0.200.